The van der Waals surface area contributed by atoms with E-state index in [1.807, 2.05) is 0 Å². The van der Waals surface area contributed by atoms with Crippen molar-refractivity contribution >= 4 is 47.7 Å². The third-order valence-corrected chi connectivity index (χ3v) is 11.8. The maximum absolute atomic E-state index is 2.24. The van der Waals surface area contributed by atoms with Crippen molar-refractivity contribution in [1.29, 1.82) is 0 Å². The molecule has 0 radical (unpaired) electrons. The van der Waals surface area contributed by atoms with Crippen LogP contribution in [0.15, 0.2) is 182 Å². The predicted molar refractivity (Wildman–Crippen MR) is 173 cm³/mol. The molecule has 0 spiro atoms. The Morgan fingerprint density at radius 2 is 0.333 bits per heavy atom. The molecule has 0 unspecified atom stereocenters. The summed E-state index contributed by atoms with van der Waals surface area (Å²) < 4.78 is 0. The van der Waals surface area contributed by atoms with Gasteiger partial charge in [0.05, 0.1) is 15.8 Å². The average molecular weight is 585 g/mol. The van der Waals surface area contributed by atoms with Crippen LogP contribution in [-0.4, -0.2) is 0 Å². The quantitative estimate of drug-likeness (QED) is 0.158. The standard InChI is InChI=1S/2C18H15P.Ni/c2*1-4-10-16(11-5-1)19(17-12-6-2-7-13-17)18-14-8-3-9-15-18;/h2*1-15H;/p+2. The molecule has 6 aromatic rings. The van der Waals surface area contributed by atoms with Crippen molar-refractivity contribution in [1.82, 2.24) is 0 Å². The van der Waals surface area contributed by atoms with E-state index in [0.717, 1.165) is 0 Å². The van der Waals surface area contributed by atoms with Crippen LogP contribution >= 0.6 is 15.8 Å². The van der Waals surface area contributed by atoms with Crippen molar-refractivity contribution in [3.05, 3.63) is 182 Å². The Morgan fingerprint density at radius 1 is 0.205 bits per heavy atom. The third kappa shape index (κ3) is 7.85. The van der Waals surface area contributed by atoms with Gasteiger partial charge in [0.1, 0.15) is 31.8 Å². The van der Waals surface area contributed by atoms with Crippen LogP contribution in [0.3, 0.4) is 0 Å². The van der Waals surface area contributed by atoms with Gasteiger partial charge in [-0.3, -0.25) is 0 Å². The maximum Gasteiger partial charge on any atom is 0.102 e. The maximum atomic E-state index is 2.24. The Balaban J connectivity index is 0.000000176. The molecule has 0 fully saturated rings. The summed E-state index contributed by atoms with van der Waals surface area (Å²) in [5.41, 5.74) is 0. The van der Waals surface area contributed by atoms with E-state index in [4.69, 9.17) is 0 Å². The summed E-state index contributed by atoms with van der Waals surface area (Å²) >= 11 is 0. The molecule has 0 bridgehead atoms. The van der Waals surface area contributed by atoms with Crippen molar-refractivity contribution in [2.75, 3.05) is 0 Å². The Labute approximate surface area is 245 Å². The minimum absolute atomic E-state index is 0. The molecule has 0 aliphatic rings. The van der Waals surface area contributed by atoms with E-state index in [2.05, 4.69) is 182 Å². The Kier molecular flexibility index (Phi) is 11.3. The average Bonchev–Trinajstić information content (AvgIpc) is 3.01. The molecule has 0 amide bonds. The topological polar surface area (TPSA) is 0 Å². The van der Waals surface area contributed by atoms with Gasteiger partial charge in [0.15, 0.2) is 0 Å². The molecule has 194 valence electrons. The van der Waals surface area contributed by atoms with E-state index in [9.17, 15) is 0 Å². The monoisotopic (exact) mass is 584 g/mol. The van der Waals surface area contributed by atoms with Crippen LogP contribution < -0.4 is 31.8 Å². The molecule has 0 saturated heterocycles. The minimum atomic E-state index is -0.877. The second-order valence-electron chi connectivity index (χ2n) is 8.95. The van der Waals surface area contributed by atoms with Crippen molar-refractivity contribution in [3.8, 4) is 0 Å². The normalized spacial score (nSPS) is 10.3. The van der Waals surface area contributed by atoms with Crippen LogP contribution in [0.5, 0.6) is 0 Å². The van der Waals surface area contributed by atoms with E-state index in [-0.39, 0.29) is 16.5 Å². The number of hydrogen-bond donors (Lipinski definition) is 0. The molecule has 6 rings (SSSR count). The van der Waals surface area contributed by atoms with Gasteiger partial charge < -0.3 is 0 Å². The third-order valence-electron chi connectivity index (χ3n) is 6.37. The summed E-state index contributed by atoms with van der Waals surface area (Å²) in [6.07, 6.45) is 0. The van der Waals surface area contributed by atoms with Crippen molar-refractivity contribution in [2.24, 2.45) is 0 Å². The fourth-order valence-corrected chi connectivity index (χ4v) is 9.78. The summed E-state index contributed by atoms with van der Waals surface area (Å²) in [5, 5.41) is 8.61. The molecule has 6 aromatic carbocycles. The van der Waals surface area contributed by atoms with Gasteiger partial charge in [-0.05, 0) is 72.8 Å². The second-order valence-corrected chi connectivity index (χ2v) is 13.9. The predicted octanol–water partition coefficient (Wildman–Crippen LogP) is 6.35. The zero-order valence-electron chi connectivity index (χ0n) is 21.6. The van der Waals surface area contributed by atoms with Crippen LogP contribution in [0.25, 0.3) is 0 Å². The first-order valence-electron chi connectivity index (χ1n) is 13.0. The largest absolute Gasteiger partial charge is 0.102 e. The SMILES string of the molecule is [Ni].c1ccc([PH+](c2ccccc2)c2ccccc2)cc1.c1ccc([PH+](c2ccccc2)c2ccccc2)cc1. The van der Waals surface area contributed by atoms with Crippen molar-refractivity contribution < 1.29 is 16.5 Å². The van der Waals surface area contributed by atoms with Crippen LogP contribution in [0.4, 0.5) is 0 Å². The number of benzene rings is 6. The molecule has 0 atom stereocenters. The van der Waals surface area contributed by atoms with E-state index in [1.54, 1.807) is 0 Å². The van der Waals surface area contributed by atoms with Gasteiger partial charge in [-0.15, -0.1) is 0 Å². The molecule has 0 heterocycles. The van der Waals surface area contributed by atoms with Gasteiger partial charge in [-0.25, -0.2) is 0 Å². The molecule has 0 aromatic heterocycles. The van der Waals surface area contributed by atoms with Gasteiger partial charge in [0.25, 0.3) is 0 Å². The number of rotatable bonds is 6. The molecule has 0 aliphatic carbocycles. The molecule has 0 nitrogen and oxygen atoms in total. The number of hydrogen-bond acceptors (Lipinski definition) is 0. The molecule has 3 heteroatoms. The first-order valence-corrected chi connectivity index (χ1v) is 16.0. The fourth-order valence-electron chi connectivity index (χ4n) is 4.63. The van der Waals surface area contributed by atoms with Crippen molar-refractivity contribution in [3.63, 3.8) is 0 Å². The minimum Gasteiger partial charge on any atom is -0.0620 e. The van der Waals surface area contributed by atoms with Crippen LogP contribution in [0.2, 0.25) is 0 Å². The summed E-state index contributed by atoms with van der Waals surface area (Å²) in [7, 11) is -1.75. The molecular formula is C36H32NiP2+2. The molecule has 0 N–H and O–H groups in total. The van der Waals surface area contributed by atoms with Gasteiger partial charge >= 0.3 is 0 Å². The van der Waals surface area contributed by atoms with Gasteiger partial charge in [0.2, 0.25) is 0 Å². The van der Waals surface area contributed by atoms with E-state index in [1.165, 1.54) is 31.8 Å². The smallest absolute Gasteiger partial charge is 0.0620 e. The van der Waals surface area contributed by atoms with E-state index >= 15 is 0 Å². The molecule has 39 heavy (non-hydrogen) atoms. The molecule has 0 saturated carbocycles. The zero-order chi connectivity index (χ0) is 25.8. The second kappa shape index (κ2) is 15.3. The van der Waals surface area contributed by atoms with Crippen molar-refractivity contribution in [2.45, 2.75) is 0 Å². The molecule has 0 aliphatic heterocycles. The van der Waals surface area contributed by atoms with Gasteiger partial charge in [-0.2, -0.15) is 0 Å². The van der Waals surface area contributed by atoms with E-state index < -0.39 is 15.8 Å². The molecular weight excluding hydrogens is 553 g/mol. The summed E-state index contributed by atoms with van der Waals surface area (Å²) in [4.78, 5) is 0. The first-order chi connectivity index (χ1) is 18.9. The first kappa shape index (κ1) is 28.7. The fraction of sp³-hybridized carbons (Fsp3) is 0. The summed E-state index contributed by atoms with van der Waals surface area (Å²) in [5.74, 6) is 0. The Bertz CT molecular complexity index is 1170. The van der Waals surface area contributed by atoms with Crippen LogP contribution in [0, 0.1) is 0 Å². The summed E-state index contributed by atoms with van der Waals surface area (Å²) in [6, 6.07) is 65.0. The zero-order valence-corrected chi connectivity index (χ0v) is 24.6. The Hall–Kier alpha value is -3.33. The van der Waals surface area contributed by atoms with Crippen LogP contribution in [-0.2, 0) is 16.5 Å². The van der Waals surface area contributed by atoms with Crippen LogP contribution in [0.1, 0.15) is 0 Å². The van der Waals surface area contributed by atoms with E-state index in [0.29, 0.717) is 0 Å². The summed E-state index contributed by atoms with van der Waals surface area (Å²) in [6.45, 7) is 0. The van der Waals surface area contributed by atoms with Gasteiger partial charge in [-0.1, -0.05) is 109 Å². The Morgan fingerprint density at radius 3 is 0.462 bits per heavy atom. The van der Waals surface area contributed by atoms with Gasteiger partial charge in [0, 0.05) is 16.5 Å².